The summed E-state index contributed by atoms with van der Waals surface area (Å²) >= 11 is 6.78. The maximum atomic E-state index is 12.8. The van der Waals surface area contributed by atoms with Gasteiger partial charge in [0.2, 0.25) is 5.91 Å². The standard InChI is InChI=1S/C14H17Br2N3O2/c1-2-18-13(20)12-8-17-5-6-19(12)14(21)10-7-9(15)3-4-11(10)16/h3-4,7,12,17H,2,5-6,8H2,1H3,(H,18,20). The minimum atomic E-state index is -0.475. The molecule has 0 aromatic heterocycles. The molecule has 1 aliphatic rings. The number of halogens is 2. The Kier molecular flexibility index (Phi) is 5.78. The van der Waals surface area contributed by atoms with E-state index >= 15 is 0 Å². The third-order valence-corrected chi connectivity index (χ3v) is 4.50. The van der Waals surface area contributed by atoms with Gasteiger partial charge in [-0.15, -0.1) is 0 Å². The minimum Gasteiger partial charge on any atom is -0.355 e. The molecule has 0 aliphatic carbocycles. The Bertz CT molecular complexity index is 551. The van der Waals surface area contributed by atoms with Gasteiger partial charge < -0.3 is 15.5 Å². The van der Waals surface area contributed by atoms with Gasteiger partial charge in [-0.3, -0.25) is 9.59 Å². The smallest absolute Gasteiger partial charge is 0.255 e. The topological polar surface area (TPSA) is 61.4 Å². The molecule has 7 heteroatoms. The van der Waals surface area contributed by atoms with Crippen molar-refractivity contribution in [3.63, 3.8) is 0 Å². The van der Waals surface area contributed by atoms with E-state index in [1.165, 1.54) is 0 Å². The van der Waals surface area contributed by atoms with Crippen molar-refractivity contribution in [3.8, 4) is 0 Å². The van der Waals surface area contributed by atoms with Crippen LogP contribution < -0.4 is 10.6 Å². The van der Waals surface area contributed by atoms with E-state index in [4.69, 9.17) is 0 Å². The SMILES string of the molecule is CCNC(=O)C1CNCCN1C(=O)c1cc(Br)ccc1Br. The highest BCUT2D eigenvalue weighted by molar-refractivity contribution is 9.11. The molecule has 1 fully saturated rings. The molecule has 2 N–H and O–H groups in total. The van der Waals surface area contributed by atoms with Crippen LogP contribution in [0.2, 0.25) is 0 Å². The quantitative estimate of drug-likeness (QED) is 0.786. The average molecular weight is 419 g/mol. The van der Waals surface area contributed by atoms with E-state index in [2.05, 4.69) is 42.5 Å². The molecule has 1 heterocycles. The first-order valence-electron chi connectivity index (χ1n) is 6.79. The van der Waals surface area contributed by atoms with Gasteiger partial charge in [0.1, 0.15) is 6.04 Å². The number of piperazine rings is 1. The molecule has 1 saturated heterocycles. The summed E-state index contributed by atoms with van der Waals surface area (Å²) in [6.45, 7) is 4.10. The van der Waals surface area contributed by atoms with Crippen LogP contribution in [-0.2, 0) is 4.79 Å². The molecule has 114 valence electrons. The van der Waals surface area contributed by atoms with E-state index in [1.807, 2.05) is 19.1 Å². The number of nitrogens with one attached hydrogen (secondary N) is 2. The van der Waals surface area contributed by atoms with Gasteiger partial charge in [0.05, 0.1) is 5.56 Å². The van der Waals surface area contributed by atoms with Gasteiger partial charge in [-0.25, -0.2) is 0 Å². The second-order valence-corrected chi connectivity index (χ2v) is 6.51. The minimum absolute atomic E-state index is 0.121. The van der Waals surface area contributed by atoms with E-state index in [0.29, 0.717) is 31.7 Å². The molecule has 0 bridgehead atoms. The van der Waals surface area contributed by atoms with Gasteiger partial charge in [-0.1, -0.05) is 15.9 Å². The number of carbonyl (C=O) groups excluding carboxylic acids is 2. The van der Waals surface area contributed by atoms with Crippen LogP contribution in [0.5, 0.6) is 0 Å². The molecule has 21 heavy (non-hydrogen) atoms. The van der Waals surface area contributed by atoms with Crippen molar-refractivity contribution in [2.24, 2.45) is 0 Å². The monoisotopic (exact) mass is 417 g/mol. The number of rotatable bonds is 3. The van der Waals surface area contributed by atoms with Gasteiger partial charge in [0, 0.05) is 35.1 Å². The van der Waals surface area contributed by atoms with Crippen LogP contribution in [0.15, 0.2) is 27.1 Å². The number of carbonyl (C=O) groups is 2. The number of amides is 2. The van der Waals surface area contributed by atoms with Crippen molar-refractivity contribution in [3.05, 3.63) is 32.7 Å². The molecule has 0 spiro atoms. The van der Waals surface area contributed by atoms with Crippen LogP contribution in [0.4, 0.5) is 0 Å². The fraction of sp³-hybridized carbons (Fsp3) is 0.429. The van der Waals surface area contributed by atoms with E-state index in [9.17, 15) is 9.59 Å². The second kappa shape index (κ2) is 7.38. The van der Waals surface area contributed by atoms with E-state index in [0.717, 1.165) is 8.95 Å². The zero-order valence-electron chi connectivity index (χ0n) is 11.7. The molecule has 2 rings (SSSR count). The van der Waals surface area contributed by atoms with Crippen LogP contribution in [0.3, 0.4) is 0 Å². The summed E-state index contributed by atoms with van der Waals surface area (Å²) in [5.74, 6) is -0.259. The summed E-state index contributed by atoms with van der Waals surface area (Å²) in [6.07, 6.45) is 0. The molecule has 0 radical (unpaired) electrons. The number of nitrogens with zero attached hydrogens (tertiary/aromatic N) is 1. The summed E-state index contributed by atoms with van der Waals surface area (Å²) in [6, 6.07) is 4.97. The lowest BCUT2D eigenvalue weighted by Crippen LogP contribution is -2.59. The third-order valence-electron chi connectivity index (χ3n) is 3.32. The Hall–Kier alpha value is -0.920. The first kappa shape index (κ1) is 16.5. The van der Waals surface area contributed by atoms with Gasteiger partial charge in [0.25, 0.3) is 5.91 Å². The number of hydrogen-bond acceptors (Lipinski definition) is 3. The predicted molar refractivity (Wildman–Crippen MR) is 88.2 cm³/mol. The second-order valence-electron chi connectivity index (χ2n) is 4.74. The fourth-order valence-corrected chi connectivity index (χ4v) is 3.07. The van der Waals surface area contributed by atoms with Gasteiger partial charge in [0.15, 0.2) is 0 Å². The summed E-state index contributed by atoms with van der Waals surface area (Å²) in [7, 11) is 0. The van der Waals surface area contributed by atoms with Crippen molar-refractivity contribution >= 4 is 43.7 Å². The summed E-state index contributed by atoms with van der Waals surface area (Å²) < 4.78 is 1.56. The average Bonchev–Trinajstić information content (AvgIpc) is 2.49. The Morgan fingerprint density at radius 2 is 2.19 bits per heavy atom. The lowest BCUT2D eigenvalue weighted by atomic mass is 10.1. The maximum absolute atomic E-state index is 12.8. The largest absolute Gasteiger partial charge is 0.355 e. The van der Waals surface area contributed by atoms with Crippen molar-refractivity contribution in [2.75, 3.05) is 26.2 Å². The van der Waals surface area contributed by atoms with Crippen LogP contribution in [0, 0.1) is 0 Å². The van der Waals surface area contributed by atoms with Crippen LogP contribution in [0.25, 0.3) is 0 Å². The molecular weight excluding hydrogens is 402 g/mol. The Balaban J connectivity index is 2.26. The van der Waals surface area contributed by atoms with E-state index in [1.54, 1.807) is 11.0 Å². The number of likely N-dealkylation sites (N-methyl/N-ethyl adjacent to an activating group) is 1. The molecule has 5 nitrogen and oxygen atoms in total. The van der Waals surface area contributed by atoms with Crippen LogP contribution in [0.1, 0.15) is 17.3 Å². The fourth-order valence-electron chi connectivity index (χ4n) is 2.29. The zero-order valence-corrected chi connectivity index (χ0v) is 14.8. The molecule has 1 unspecified atom stereocenters. The summed E-state index contributed by atoms with van der Waals surface area (Å²) in [5, 5.41) is 5.94. The van der Waals surface area contributed by atoms with Crippen LogP contribution >= 0.6 is 31.9 Å². The van der Waals surface area contributed by atoms with E-state index in [-0.39, 0.29) is 11.8 Å². The Morgan fingerprint density at radius 1 is 1.43 bits per heavy atom. The molecule has 0 saturated carbocycles. The molecule has 1 aromatic carbocycles. The highest BCUT2D eigenvalue weighted by Crippen LogP contribution is 2.24. The highest BCUT2D eigenvalue weighted by Gasteiger charge is 2.33. The number of hydrogen-bond donors (Lipinski definition) is 2. The molecule has 2 amide bonds. The lowest BCUT2D eigenvalue weighted by molar-refractivity contribution is -0.126. The molecule has 1 aliphatic heterocycles. The first-order chi connectivity index (χ1) is 10.0. The Morgan fingerprint density at radius 3 is 2.90 bits per heavy atom. The summed E-state index contributed by atoms with van der Waals surface area (Å²) in [5.41, 5.74) is 0.556. The summed E-state index contributed by atoms with van der Waals surface area (Å²) in [4.78, 5) is 26.5. The molecular formula is C14H17Br2N3O2. The van der Waals surface area contributed by atoms with Crippen molar-refractivity contribution in [1.82, 2.24) is 15.5 Å². The molecule has 1 aromatic rings. The first-order valence-corrected chi connectivity index (χ1v) is 8.37. The van der Waals surface area contributed by atoms with Crippen molar-refractivity contribution in [2.45, 2.75) is 13.0 Å². The Labute approximate surface area is 140 Å². The lowest BCUT2D eigenvalue weighted by Gasteiger charge is -2.35. The van der Waals surface area contributed by atoms with E-state index < -0.39 is 6.04 Å². The normalized spacial score (nSPS) is 18.4. The zero-order chi connectivity index (χ0) is 15.4. The maximum Gasteiger partial charge on any atom is 0.255 e. The van der Waals surface area contributed by atoms with Gasteiger partial charge >= 0.3 is 0 Å². The third kappa shape index (κ3) is 3.84. The van der Waals surface area contributed by atoms with Crippen LogP contribution in [-0.4, -0.2) is 48.9 Å². The van der Waals surface area contributed by atoms with Crippen molar-refractivity contribution in [1.29, 1.82) is 0 Å². The highest BCUT2D eigenvalue weighted by atomic mass is 79.9. The van der Waals surface area contributed by atoms with Gasteiger partial charge in [-0.2, -0.15) is 0 Å². The van der Waals surface area contributed by atoms with Crippen molar-refractivity contribution < 1.29 is 9.59 Å². The molecule has 1 atom stereocenters. The predicted octanol–water partition coefficient (Wildman–Crippen LogP) is 1.76. The number of benzene rings is 1. The van der Waals surface area contributed by atoms with Gasteiger partial charge in [-0.05, 0) is 41.1 Å².